The van der Waals surface area contributed by atoms with Crippen molar-refractivity contribution in [1.82, 2.24) is 20.6 Å². The molecule has 11 heteroatoms. The summed E-state index contributed by atoms with van der Waals surface area (Å²) < 4.78 is 5.77. The lowest BCUT2D eigenvalue weighted by Crippen LogP contribution is -2.42. The Morgan fingerprint density at radius 2 is 1.69 bits per heavy atom. The van der Waals surface area contributed by atoms with E-state index in [9.17, 15) is 19.5 Å². The predicted octanol–water partition coefficient (Wildman–Crippen LogP) is 0.918. The van der Waals surface area contributed by atoms with Crippen LogP contribution in [0.1, 0.15) is 24.1 Å². The van der Waals surface area contributed by atoms with Crippen LogP contribution < -0.4 is 26.8 Å². The number of aromatic hydroxyl groups is 1. The molecule has 0 unspecified atom stereocenters. The second-order valence-electron chi connectivity index (χ2n) is 7.88. The van der Waals surface area contributed by atoms with E-state index in [-0.39, 0.29) is 36.3 Å². The lowest BCUT2D eigenvalue weighted by Gasteiger charge is -2.13. The maximum absolute atomic E-state index is 12.2. The molecule has 0 bridgehead atoms. The van der Waals surface area contributed by atoms with Gasteiger partial charge in [0.05, 0.1) is 30.1 Å². The van der Waals surface area contributed by atoms with Crippen molar-refractivity contribution < 1.29 is 24.2 Å². The molecule has 0 aliphatic carbocycles. The van der Waals surface area contributed by atoms with Crippen molar-refractivity contribution in [2.24, 2.45) is 11.5 Å². The molecular weight excluding hydrogens is 452 g/mol. The molecule has 7 N–H and O–H groups in total. The SMILES string of the molecule is NC(=O)NC(=O)Cc1nc2ccccc2nc1OCCCCNC(=O)[C@@H](N)Cc1ccc(O)cc1. The molecule has 3 aromatic rings. The number of urea groups is 1. The number of aromatic nitrogens is 2. The van der Waals surface area contributed by atoms with E-state index in [1.807, 2.05) is 11.4 Å². The van der Waals surface area contributed by atoms with Gasteiger partial charge >= 0.3 is 6.03 Å². The first-order valence-electron chi connectivity index (χ1n) is 11.1. The number of benzene rings is 2. The number of primary amides is 1. The molecule has 1 heterocycles. The van der Waals surface area contributed by atoms with E-state index in [4.69, 9.17) is 16.2 Å². The number of hydrogen-bond donors (Lipinski definition) is 5. The highest BCUT2D eigenvalue weighted by atomic mass is 16.5. The third-order valence-electron chi connectivity index (χ3n) is 5.03. The van der Waals surface area contributed by atoms with Crippen molar-refractivity contribution >= 4 is 28.9 Å². The van der Waals surface area contributed by atoms with E-state index in [1.165, 1.54) is 0 Å². The number of nitrogens with one attached hydrogen (secondary N) is 2. The number of carbonyl (C=O) groups excluding carboxylic acids is 3. The number of carbonyl (C=O) groups is 3. The summed E-state index contributed by atoms with van der Waals surface area (Å²) in [5, 5.41) is 14.1. The summed E-state index contributed by atoms with van der Waals surface area (Å²) in [7, 11) is 0. The summed E-state index contributed by atoms with van der Waals surface area (Å²) in [5.74, 6) is -0.520. The highest BCUT2D eigenvalue weighted by Gasteiger charge is 2.16. The maximum atomic E-state index is 12.2. The predicted molar refractivity (Wildman–Crippen MR) is 128 cm³/mol. The number of rotatable bonds is 11. The molecule has 0 saturated carbocycles. The van der Waals surface area contributed by atoms with Gasteiger partial charge in [-0.25, -0.2) is 14.8 Å². The second-order valence-corrected chi connectivity index (χ2v) is 7.88. The Kier molecular flexibility index (Phi) is 8.90. The largest absolute Gasteiger partial charge is 0.508 e. The smallest absolute Gasteiger partial charge is 0.318 e. The Labute approximate surface area is 201 Å². The number of phenols is 1. The van der Waals surface area contributed by atoms with Gasteiger partial charge in [-0.15, -0.1) is 0 Å². The van der Waals surface area contributed by atoms with Crippen LogP contribution in [0, 0.1) is 0 Å². The third-order valence-corrected chi connectivity index (χ3v) is 5.03. The molecule has 0 radical (unpaired) electrons. The molecule has 3 rings (SSSR count). The lowest BCUT2D eigenvalue weighted by molar-refractivity contribution is -0.122. The zero-order valence-electron chi connectivity index (χ0n) is 19.1. The Morgan fingerprint density at radius 3 is 2.37 bits per heavy atom. The van der Waals surface area contributed by atoms with Crippen LogP contribution in [0.15, 0.2) is 48.5 Å². The zero-order valence-corrected chi connectivity index (χ0v) is 19.1. The lowest BCUT2D eigenvalue weighted by atomic mass is 10.1. The Morgan fingerprint density at radius 1 is 1.00 bits per heavy atom. The standard InChI is InChI=1S/C24H28N6O5/c25-17(13-15-7-9-16(31)10-8-15)22(33)27-11-3-4-12-35-23-20(14-21(32)30-24(26)34)28-18-5-1-2-6-19(18)29-23/h1-2,5-10,17,31H,3-4,11-14,25H2,(H,27,33)(H3,26,30,32,34)/t17-/m0/s1. The Balaban J connectivity index is 1.47. The summed E-state index contributed by atoms with van der Waals surface area (Å²) in [5.41, 5.74) is 13.3. The molecule has 4 amide bonds. The van der Waals surface area contributed by atoms with Crippen LogP contribution in [0.25, 0.3) is 11.0 Å². The van der Waals surface area contributed by atoms with Gasteiger partial charge in [-0.05, 0) is 49.1 Å². The number of nitrogens with two attached hydrogens (primary N) is 2. The summed E-state index contributed by atoms with van der Waals surface area (Å²) in [6, 6.07) is 12.1. The van der Waals surface area contributed by atoms with Gasteiger partial charge in [0.15, 0.2) is 0 Å². The number of unbranched alkanes of at least 4 members (excludes halogenated alkanes) is 1. The van der Waals surface area contributed by atoms with E-state index in [0.717, 1.165) is 5.56 Å². The molecule has 0 aliphatic rings. The van der Waals surface area contributed by atoms with Crippen molar-refractivity contribution in [3.63, 3.8) is 0 Å². The fourth-order valence-corrected chi connectivity index (χ4v) is 3.30. The van der Waals surface area contributed by atoms with Crippen molar-refractivity contribution in [1.29, 1.82) is 0 Å². The normalized spacial score (nSPS) is 11.6. The number of para-hydroxylation sites is 2. The minimum absolute atomic E-state index is 0.157. The quantitative estimate of drug-likeness (QED) is 0.251. The summed E-state index contributed by atoms with van der Waals surface area (Å²) in [6.45, 7) is 0.704. The van der Waals surface area contributed by atoms with Crippen LogP contribution in [0.2, 0.25) is 0 Å². The molecule has 0 fully saturated rings. The molecule has 35 heavy (non-hydrogen) atoms. The molecule has 0 saturated heterocycles. The first-order chi connectivity index (χ1) is 16.8. The summed E-state index contributed by atoms with van der Waals surface area (Å²) in [4.78, 5) is 44.0. The van der Waals surface area contributed by atoms with Crippen LogP contribution in [-0.2, 0) is 22.4 Å². The van der Waals surface area contributed by atoms with Gasteiger partial charge in [-0.3, -0.25) is 14.9 Å². The minimum Gasteiger partial charge on any atom is -0.508 e. The second kappa shape index (κ2) is 12.3. The number of amides is 4. The number of ether oxygens (including phenoxy) is 1. The number of fused-ring (bicyclic) bond motifs is 1. The average Bonchev–Trinajstić information content (AvgIpc) is 2.82. The fraction of sp³-hybridized carbons (Fsp3) is 0.292. The van der Waals surface area contributed by atoms with E-state index >= 15 is 0 Å². The maximum Gasteiger partial charge on any atom is 0.318 e. The minimum atomic E-state index is -0.948. The Bertz CT molecular complexity index is 1180. The van der Waals surface area contributed by atoms with Gasteiger partial charge < -0.3 is 26.6 Å². The molecule has 0 spiro atoms. The van der Waals surface area contributed by atoms with Crippen molar-refractivity contribution in [2.45, 2.75) is 31.7 Å². The van der Waals surface area contributed by atoms with Crippen LogP contribution in [-0.4, -0.2) is 52.1 Å². The highest BCUT2D eigenvalue weighted by molar-refractivity contribution is 5.94. The number of nitrogens with zero attached hydrogens (tertiary/aromatic N) is 2. The van der Waals surface area contributed by atoms with Crippen LogP contribution in [0.3, 0.4) is 0 Å². The molecule has 1 atom stereocenters. The first-order valence-corrected chi connectivity index (χ1v) is 11.1. The molecule has 184 valence electrons. The van der Waals surface area contributed by atoms with E-state index < -0.39 is 18.0 Å². The molecular formula is C24H28N6O5. The van der Waals surface area contributed by atoms with Crippen LogP contribution >= 0.6 is 0 Å². The van der Waals surface area contributed by atoms with Gasteiger partial charge in [-0.1, -0.05) is 24.3 Å². The van der Waals surface area contributed by atoms with Gasteiger partial charge in [-0.2, -0.15) is 0 Å². The zero-order chi connectivity index (χ0) is 25.2. The van der Waals surface area contributed by atoms with Crippen molar-refractivity contribution in [3.05, 3.63) is 59.8 Å². The van der Waals surface area contributed by atoms with Crippen molar-refractivity contribution in [2.75, 3.05) is 13.2 Å². The molecule has 2 aromatic carbocycles. The monoisotopic (exact) mass is 480 g/mol. The summed E-state index contributed by atoms with van der Waals surface area (Å²) in [6.07, 6.45) is 1.39. The van der Waals surface area contributed by atoms with Crippen LogP contribution in [0.5, 0.6) is 11.6 Å². The number of imide groups is 1. The number of phenolic OH excluding ortho intramolecular Hbond substituents is 1. The van der Waals surface area contributed by atoms with Crippen molar-refractivity contribution in [3.8, 4) is 11.6 Å². The van der Waals surface area contributed by atoms with Gasteiger partial charge in [0.2, 0.25) is 17.7 Å². The van der Waals surface area contributed by atoms with Crippen LogP contribution in [0.4, 0.5) is 4.79 Å². The van der Waals surface area contributed by atoms with E-state index in [0.29, 0.717) is 36.8 Å². The average molecular weight is 481 g/mol. The van der Waals surface area contributed by atoms with Gasteiger partial charge in [0.1, 0.15) is 11.4 Å². The third kappa shape index (κ3) is 7.93. The van der Waals surface area contributed by atoms with E-state index in [1.54, 1.807) is 42.5 Å². The summed E-state index contributed by atoms with van der Waals surface area (Å²) >= 11 is 0. The fourth-order valence-electron chi connectivity index (χ4n) is 3.30. The van der Waals surface area contributed by atoms with E-state index in [2.05, 4.69) is 15.3 Å². The van der Waals surface area contributed by atoms with Gasteiger partial charge in [0, 0.05) is 6.54 Å². The molecule has 1 aromatic heterocycles. The topological polar surface area (TPSA) is 183 Å². The Hall–Kier alpha value is -4.25. The molecule has 0 aliphatic heterocycles. The molecule has 11 nitrogen and oxygen atoms in total. The van der Waals surface area contributed by atoms with Gasteiger partial charge in [0.25, 0.3) is 0 Å². The number of hydrogen-bond acceptors (Lipinski definition) is 8. The highest BCUT2D eigenvalue weighted by Crippen LogP contribution is 2.20. The first kappa shape index (κ1) is 25.4.